The molecule has 3 rings (SSSR count). The predicted molar refractivity (Wildman–Crippen MR) is 71.0 cm³/mol. The summed E-state index contributed by atoms with van der Waals surface area (Å²) in [4.78, 5) is 18.6. The van der Waals surface area contributed by atoms with E-state index in [1.54, 1.807) is 0 Å². The summed E-state index contributed by atoms with van der Waals surface area (Å²) in [6.07, 6.45) is 4.69. The molecule has 1 aromatic heterocycles. The molecule has 1 amide bonds. The average Bonchev–Trinajstić information content (AvgIpc) is 3.04. The van der Waals surface area contributed by atoms with Gasteiger partial charge >= 0.3 is 0 Å². The molecule has 1 fully saturated rings. The van der Waals surface area contributed by atoms with Gasteiger partial charge in [0, 0.05) is 39.0 Å². The van der Waals surface area contributed by atoms with E-state index in [4.69, 9.17) is 5.11 Å². The molecule has 2 aliphatic rings. The third-order valence-corrected chi connectivity index (χ3v) is 3.96. The number of likely N-dealkylation sites (tertiary alicyclic amines) is 1. The van der Waals surface area contributed by atoms with Gasteiger partial charge in [-0.2, -0.15) is 0 Å². The van der Waals surface area contributed by atoms with Crippen LogP contribution in [-0.2, 0) is 6.54 Å². The lowest BCUT2D eigenvalue weighted by Crippen LogP contribution is -2.29. The van der Waals surface area contributed by atoms with Gasteiger partial charge in [-0.1, -0.05) is 0 Å². The highest BCUT2D eigenvalue weighted by Crippen LogP contribution is 2.22. The Morgan fingerprint density at radius 1 is 1.53 bits per heavy atom. The molecule has 2 aliphatic heterocycles. The molecular formula is C13H20N4O2. The number of nitrogens with zero attached hydrogens (tertiary/aromatic N) is 3. The second kappa shape index (κ2) is 5.21. The maximum atomic E-state index is 12.4. The van der Waals surface area contributed by atoms with Crippen LogP contribution in [0.2, 0.25) is 0 Å². The van der Waals surface area contributed by atoms with E-state index in [-0.39, 0.29) is 12.5 Å². The number of amides is 1. The Morgan fingerprint density at radius 3 is 3.21 bits per heavy atom. The van der Waals surface area contributed by atoms with E-state index >= 15 is 0 Å². The van der Waals surface area contributed by atoms with Crippen molar-refractivity contribution in [1.29, 1.82) is 0 Å². The average molecular weight is 264 g/mol. The molecule has 1 saturated heterocycles. The number of rotatable bonds is 3. The number of imidazole rings is 1. The maximum Gasteiger partial charge on any atom is 0.274 e. The number of nitrogens with one attached hydrogen (secondary N) is 1. The topological polar surface area (TPSA) is 70.4 Å². The molecule has 0 bridgehead atoms. The van der Waals surface area contributed by atoms with Gasteiger partial charge in [-0.15, -0.1) is 0 Å². The van der Waals surface area contributed by atoms with E-state index in [0.29, 0.717) is 11.6 Å². The van der Waals surface area contributed by atoms with Gasteiger partial charge in [-0.3, -0.25) is 4.79 Å². The summed E-state index contributed by atoms with van der Waals surface area (Å²) < 4.78 is 2.01. The van der Waals surface area contributed by atoms with Crippen molar-refractivity contribution in [2.75, 3.05) is 31.6 Å². The second-order valence-corrected chi connectivity index (χ2v) is 5.34. The normalized spacial score (nSPS) is 22.2. The number of carbonyl (C=O) groups excluding carboxylic acids is 1. The first-order valence-corrected chi connectivity index (χ1v) is 6.99. The van der Waals surface area contributed by atoms with Crippen LogP contribution in [-0.4, -0.2) is 51.7 Å². The van der Waals surface area contributed by atoms with E-state index in [9.17, 15) is 4.79 Å². The zero-order chi connectivity index (χ0) is 13.2. The molecule has 104 valence electrons. The first kappa shape index (κ1) is 12.5. The van der Waals surface area contributed by atoms with E-state index in [0.717, 1.165) is 51.4 Å². The van der Waals surface area contributed by atoms with Gasteiger partial charge in [0.1, 0.15) is 5.69 Å². The molecule has 6 nitrogen and oxygen atoms in total. The fourth-order valence-electron chi connectivity index (χ4n) is 2.88. The Bertz CT molecular complexity index is 448. The number of hydrogen-bond acceptors (Lipinski definition) is 4. The molecule has 1 unspecified atom stereocenters. The number of aliphatic hydroxyl groups excluding tert-OH is 1. The van der Waals surface area contributed by atoms with E-state index in [1.165, 1.54) is 0 Å². The number of anilines is 1. The third kappa shape index (κ3) is 2.45. The molecule has 6 heteroatoms. The molecule has 1 atom stereocenters. The zero-order valence-electron chi connectivity index (χ0n) is 11.0. The van der Waals surface area contributed by atoms with Crippen molar-refractivity contribution in [3.63, 3.8) is 0 Å². The van der Waals surface area contributed by atoms with E-state index in [1.807, 2.05) is 15.7 Å². The van der Waals surface area contributed by atoms with E-state index in [2.05, 4.69) is 10.3 Å². The lowest BCUT2D eigenvalue weighted by Gasteiger charge is -2.14. The van der Waals surface area contributed by atoms with E-state index < -0.39 is 0 Å². The number of carbonyl (C=O) groups is 1. The van der Waals surface area contributed by atoms with Crippen LogP contribution in [0.1, 0.15) is 29.8 Å². The van der Waals surface area contributed by atoms with Crippen molar-refractivity contribution in [2.24, 2.45) is 5.92 Å². The molecule has 2 N–H and O–H groups in total. The van der Waals surface area contributed by atoms with Crippen LogP contribution in [0.5, 0.6) is 0 Å². The summed E-state index contributed by atoms with van der Waals surface area (Å²) in [6, 6.07) is 0. The SMILES string of the molecule is O=C(c1cn2c(n1)NCCC2)N1CCC(CCO)C1. The molecular weight excluding hydrogens is 244 g/mol. The Kier molecular flexibility index (Phi) is 3.42. The van der Waals surface area contributed by atoms with Gasteiger partial charge in [0.15, 0.2) is 0 Å². The largest absolute Gasteiger partial charge is 0.396 e. The summed E-state index contributed by atoms with van der Waals surface area (Å²) in [5.74, 6) is 1.26. The maximum absolute atomic E-state index is 12.4. The Balaban J connectivity index is 1.69. The van der Waals surface area contributed by atoms with Crippen molar-refractivity contribution < 1.29 is 9.90 Å². The molecule has 3 heterocycles. The zero-order valence-corrected chi connectivity index (χ0v) is 11.0. The van der Waals surface area contributed by atoms with Crippen LogP contribution in [0.25, 0.3) is 0 Å². The highest BCUT2D eigenvalue weighted by Gasteiger charge is 2.28. The van der Waals surface area contributed by atoms with Gasteiger partial charge in [0.05, 0.1) is 0 Å². The van der Waals surface area contributed by atoms with Crippen LogP contribution in [0.3, 0.4) is 0 Å². The lowest BCUT2D eigenvalue weighted by atomic mass is 10.1. The molecule has 19 heavy (non-hydrogen) atoms. The molecule has 0 aromatic carbocycles. The second-order valence-electron chi connectivity index (χ2n) is 5.34. The summed E-state index contributed by atoms with van der Waals surface area (Å²) in [5.41, 5.74) is 0.536. The monoisotopic (exact) mass is 264 g/mol. The van der Waals surface area contributed by atoms with Crippen molar-refractivity contribution in [3.8, 4) is 0 Å². The van der Waals surface area contributed by atoms with Gasteiger partial charge in [-0.05, 0) is 25.2 Å². The third-order valence-electron chi connectivity index (χ3n) is 3.96. The lowest BCUT2D eigenvalue weighted by molar-refractivity contribution is 0.0779. The fraction of sp³-hybridized carbons (Fsp3) is 0.692. The van der Waals surface area contributed by atoms with Crippen molar-refractivity contribution in [1.82, 2.24) is 14.5 Å². The molecule has 0 radical (unpaired) electrons. The number of aryl methyl sites for hydroxylation is 1. The molecule has 0 aliphatic carbocycles. The smallest absolute Gasteiger partial charge is 0.274 e. The molecule has 0 saturated carbocycles. The van der Waals surface area contributed by atoms with Crippen LogP contribution in [0, 0.1) is 5.92 Å². The summed E-state index contributed by atoms with van der Waals surface area (Å²) in [5, 5.41) is 12.2. The molecule has 1 aromatic rings. The number of fused-ring (bicyclic) bond motifs is 1. The Morgan fingerprint density at radius 2 is 2.42 bits per heavy atom. The summed E-state index contributed by atoms with van der Waals surface area (Å²) in [6.45, 7) is 3.58. The Labute approximate surface area is 112 Å². The van der Waals surface area contributed by atoms with Crippen molar-refractivity contribution in [2.45, 2.75) is 25.8 Å². The van der Waals surface area contributed by atoms with Crippen molar-refractivity contribution >= 4 is 11.9 Å². The number of aromatic nitrogens is 2. The minimum absolute atomic E-state index is 0.0177. The minimum atomic E-state index is 0.0177. The van der Waals surface area contributed by atoms with Gasteiger partial charge in [0.25, 0.3) is 5.91 Å². The summed E-state index contributed by atoms with van der Waals surface area (Å²) >= 11 is 0. The minimum Gasteiger partial charge on any atom is -0.396 e. The predicted octanol–water partition coefficient (Wildman–Crippen LogP) is 0.543. The number of aliphatic hydroxyl groups is 1. The Hall–Kier alpha value is -1.56. The summed E-state index contributed by atoms with van der Waals surface area (Å²) in [7, 11) is 0. The van der Waals surface area contributed by atoms with Gasteiger partial charge in [0.2, 0.25) is 5.95 Å². The number of hydrogen-bond donors (Lipinski definition) is 2. The first-order valence-electron chi connectivity index (χ1n) is 6.99. The van der Waals surface area contributed by atoms with Gasteiger partial charge < -0.3 is 19.9 Å². The first-order chi connectivity index (χ1) is 9.28. The van der Waals surface area contributed by atoms with Crippen LogP contribution >= 0.6 is 0 Å². The van der Waals surface area contributed by atoms with Crippen molar-refractivity contribution in [3.05, 3.63) is 11.9 Å². The highest BCUT2D eigenvalue weighted by atomic mass is 16.3. The standard InChI is InChI=1S/C13H20N4O2/c18-7-3-10-2-6-16(8-10)12(19)11-9-17-5-1-4-14-13(17)15-11/h9-10,18H,1-8H2,(H,14,15). The van der Waals surface area contributed by atoms with Crippen LogP contribution in [0.15, 0.2) is 6.20 Å². The highest BCUT2D eigenvalue weighted by molar-refractivity contribution is 5.92. The van der Waals surface area contributed by atoms with Crippen LogP contribution in [0.4, 0.5) is 5.95 Å². The van der Waals surface area contributed by atoms with Crippen LogP contribution < -0.4 is 5.32 Å². The fourth-order valence-corrected chi connectivity index (χ4v) is 2.88. The quantitative estimate of drug-likeness (QED) is 0.836. The van der Waals surface area contributed by atoms with Gasteiger partial charge in [-0.25, -0.2) is 4.98 Å². The molecule has 0 spiro atoms.